The lowest BCUT2D eigenvalue weighted by Gasteiger charge is -2.39. The van der Waals surface area contributed by atoms with E-state index in [1.165, 1.54) is 36.8 Å². The fourth-order valence-corrected chi connectivity index (χ4v) is 5.65. The van der Waals surface area contributed by atoms with Crippen LogP contribution >= 0.6 is 0 Å². The van der Waals surface area contributed by atoms with Crippen LogP contribution in [-0.4, -0.2) is 13.1 Å². The fraction of sp³-hybridized carbons (Fsp3) is 0.296. The lowest BCUT2D eigenvalue weighted by atomic mass is 9.64. The highest BCUT2D eigenvalue weighted by atomic mass is 16.5. The maximum atomic E-state index is 12.4. The Balaban J connectivity index is 1.45. The van der Waals surface area contributed by atoms with Gasteiger partial charge in [0.05, 0.1) is 12.7 Å². The Bertz CT molecular complexity index is 1020. The van der Waals surface area contributed by atoms with Crippen molar-refractivity contribution in [1.82, 2.24) is 0 Å². The first-order valence-electron chi connectivity index (χ1n) is 10.7. The molecule has 0 radical (unpaired) electrons. The van der Waals surface area contributed by atoms with E-state index < -0.39 is 0 Å². The Morgan fingerprint density at radius 1 is 0.833 bits per heavy atom. The molecule has 30 heavy (non-hydrogen) atoms. The molecule has 2 bridgehead atoms. The van der Waals surface area contributed by atoms with Gasteiger partial charge in [-0.2, -0.15) is 0 Å². The summed E-state index contributed by atoms with van der Waals surface area (Å²) in [5.41, 5.74) is 3.28. The predicted octanol–water partition coefficient (Wildman–Crippen LogP) is 6.02. The zero-order chi connectivity index (χ0) is 20.6. The van der Waals surface area contributed by atoms with Gasteiger partial charge < -0.3 is 9.47 Å². The van der Waals surface area contributed by atoms with E-state index in [9.17, 15) is 4.79 Å². The van der Waals surface area contributed by atoms with Gasteiger partial charge in [-0.25, -0.2) is 4.79 Å². The maximum Gasteiger partial charge on any atom is 0.343 e. The molecule has 2 aliphatic rings. The maximum absolute atomic E-state index is 12.4. The van der Waals surface area contributed by atoms with Crippen LogP contribution in [0.3, 0.4) is 0 Å². The summed E-state index contributed by atoms with van der Waals surface area (Å²) in [6, 6.07) is 25.9. The molecule has 0 spiro atoms. The average Bonchev–Trinajstić information content (AvgIpc) is 3.42. The molecule has 5 rings (SSSR count). The van der Waals surface area contributed by atoms with Gasteiger partial charge in [-0.3, -0.25) is 0 Å². The van der Waals surface area contributed by atoms with Crippen LogP contribution in [0.25, 0.3) is 0 Å². The summed E-state index contributed by atoms with van der Waals surface area (Å²) in [4.78, 5) is 12.4. The molecule has 0 saturated heterocycles. The van der Waals surface area contributed by atoms with Crippen LogP contribution < -0.4 is 9.47 Å². The molecule has 2 fully saturated rings. The summed E-state index contributed by atoms with van der Waals surface area (Å²) in [5.74, 6) is 2.61. The third kappa shape index (κ3) is 3.19. The summed E-state index contributed by atoms with van der Waals surface area (Å²) in [6.07, 6.45) is 5.11. The molecule has 3 atom stereocenters. The first-order valence-corrected chi connectivity index (χ1v) is 10.7. The minimum atomic E-state index is -0.326. The molecule has 152 valence electrons. The van der Waals surface area contributed by atoms with Crippen molar-refractivity contribution in [3.05, 3.63) is 95.6 Å². The topological polar surface area (TPSA) is 35.5 Å². The largest absolute Gasteiger partial charge is 0.497 e. The number of esters is 1. The van der Waals surface area contributed by atoms with E-state index in [2.05, 4.69) is 36.4 Å². The Labute approximate surface area is 177 Å². The van der Waals surface area contributed by atoms with Crippen LogP contribution in [0, 0.1) is 11.8 Å². The Morgan fingerprint density at radius 2 is 1.47 bits per heavy atom. The number of fused-ring (bicyclic) bond motifs is 2. The Hall–Kier alpha value is -3.07. The standard InChI is InChI=1S/C27H26O3/c1-29-24-13-9-21(10-14-24)27(18-19-7-8-23(27)17-19)22-11-15-25(16-12-22)30-26(28)20-5-3-2-4-6-20/h2-6,9-16,19,23H,7-8,17-18H2,1H3. The van der Waals surface area contributed by atoms with E-state index in [1.54, 1.807) is 19.2 Å². The minimum Gasteiger partial charge on any atom is -0.497 e. The van der Waals surface area contributed by atoms with E-state index >= 15 is 0 Å². The molecule has 3 heteroatoms. The van der Waals surface area contributed by atoms with Crippen LogP contribution in [0.5, 0.6) is 11.5 Å². The van der Waals surface area contributed by atoms with Crippen molar-refractivity contribution in [2.24, 2.45) is 11.8 Å². The van der Waals surface area contributed by atoms with Crippen LogP contribution in [0.2, 0.25) is 0 Å². The second-order valence-electron chi connectivity index (χ2n) is 8.56. The van der Waals surface area contributed by atoms with E-state index in [-0.39, 0.29) is 11.4 Å². The molecular formula is C27H26O3. The van der Waals surface area contributed by atoms with Gasteiger partial charge in [0.15, 0.2) is 0 Å². The smallest absolute Gasteiger partial charge is 0.343 e. The molecule has 0 amide bonds. The SMILES string of the molecule is COc1ccc(C2(c3ccc(OC(=O)c4ccccc4)cc3)CC3CCC2C3)cc1. The number of hydrogen-bond acceptors (Lipinski definition) is 3. The third-order valence-electron chi connectivity index (χ3n) is 7.04. The number of benzene rings is 3. The van der Waals surface area contributed by atoms with E-state index in [0.29, 0.717) is 17.2 Å². The number of carbonyl (C=O) groups excluding carboxylic acids is 1. The molecule has 2 saturated carbocycles. The van der Waals surface area contributed by atoms with Crippen molar-refractivity contribution in [3.63, 3.8) is 0 Å². The Morgan fingerprint density at radius 3 is 2.00 bits per heavy atom. The summed E-state index contributed by atoms with van der Waals surface area (Å²) >= 11 is 0. The van der Waals surface area contributed by atoms with Crippen molar-refractivity contribution in [2.45, 2.75) is 31.1 Å². The normalized spacial score (nSPS) is 24.6. The fourth-order valence-electron chi connectivity index (χ4n) is 5.65. The quantitative estimate of drug-likeness (QED) is 0.389. The van der Waals surface area contributed by atoms with E-state index in [4.69, 9.17) is 9.47 Å². The van der Waals surface area contributed by atoms with Gasteiger partial charge >= 0.3 is 5.97 Å². The van der Waals surface area contributed by atoms with Gasteiger partial charge in [0.1, 0.15) is 11.5 Å². The van der Waals surface area contributed by atoms with Crippen LogP contribution in [0.15, 0.2) is 78.9 Å². The monoisotopic (exact) mass is 398 g/mol. The summed E-state index contributed by atoms with van der Waals surface area (Å²) in [6.45, 7) is 0. The van der Waals surface area contributed by atoms with Crippen molar-refractivity contribution in [3.8, 4) is 11.5 Å². The highest BCUT2D eigenvalue weighted by Gasteiger charge is 2.52. The first-order chi connectivity index (χ1) is 14.7. The molecule has 3 aromatic rings. The molecule has 0 N–H and O–H groups in total. The molecule has 2 aliphatic carbocycles. The van der Waals surface area contributed by atoms with Gasteiger partial charge in [-0.05, 0) is 78.6 Å². The molecule has 0 heterocycles. The molecule has 3 aromatic carbocycles. The number of carbonyl (C=O) groups is 1. The lowest BCUT2D eigenvalue weighted by Crippen LogP contribution is -2.34. The predicted molar refractivity (Wildman–Crippen MR) is 117 cm³/mol. The van der Waals surface area contributed by atoms with Crippen molar-refractivity contribution in [1.29, 1.82) is 0 Å². The highest BCUT2D eigenvalue weighted by molar-refractivity contribution is 5.90. The van der Waals surface area contributed by atoms with E-state index in [0.717, 1.165) is 11.7 Å². The van der Waals surface area contributed by atoms with Crippen LogP contribution in [0.4, 0.5) is 0 Å². The zero-order valence-corrected chi connectivity index (χ0v) is 17.2. The van der Waals surface area contributed by atoms with Crippen molar-refractivity contribution >= 4 is 5.97 Å². The van der Waals surface area contributed by atoms with Gasteiger partial charge in [-0.1, -0.05) is 48.9 Å². The second-order valence-corrected chi connectivity index (χ2v) is 8.56. The molecule has 0 aromatic heterocycles. The van der Waals surface area contributed by atoms with Crippen molar-refractivity contribution < 1.29 is 14.3 Å². The summed E-state index contributed by atoms with van der Waals surface area (Å²) in [5, 5.41) is 0. The highest BCUT2D eigenvalue weighted by Crippen LogP contribution is 2.60. The molecular weight excluding hydrogens is 372 g/mol. The minimum absolute atomic E-state index is 0.0388. The van der Waals surface area contributed by atoms with Gasteiger partial charge in [0, 0.05) is 5.41 Å². The second kappa shape index (κ2) is 7.64. The number of ether oxygens (including phenoxy) is 2. The third-order valence-corrected chi connectivity index (χ3v) is 7.04. The number of hydrogen-bond donors (Lipinski definition) is 0. The lowest BCUT2D eigenvalue weighted by molar-refractivity contribution is 0.0734. The van der Waals surface area contributed by atoms with E-state index in [1.807, 2.05) is 30.3 Å². The zero-order valence-electron chi connectivity index (χ0n) is 17.2. The average molecular weight is 399 g/mol. The molecule has 3 nitrogen and oxygen atoms in total. The first kappa shape index (κ1) is 18.9. The van der Waals surface area contributed by atoms with Gasteiger partial charge in [0.25, 0.3) is 0 Å². The van der Waals surface area contributed by atoms with Crippen molar-refractivity contribution in [2.75, 3.05) is 7.11 Å². The number of rotatable bonds is 5. The van der Waals surface area contributed by atoms with Crippen LogP contribution in [0.1, 0.15) is 47.2 Å². The van der Waals surface area contributed by atoms with Gasteiger partial charge in [0.2, 0.25) is 0 Å². The summed E-state index contributed by atoms with van der Waals surface area (Å²) in [7, 11) is 1.71. The van der Waals surface area contributed by atoms with Crippen LogP contribution in [-0.2, 0) is 5.41 Å². The number of methoxy groups -OCH3 is 1. The molecule has 3 unspecified atom stereocenters. The summed E-state index contributed by atoms with van der Waals surface area (Å²) < 4.78 is 11.0. The molecule has 0 aliphatic heterocycles. The van der Waals surface area contributed by atoms with Gasteiger partial charge in [-0.15, -0.1) is 0 Å². The Kier molecular flexibility index (Phi) is 4.82.